The van der Waals surface area contributed by atoms with Crippen LogP contribution in [0.2, 0.25) is 0 Å². The van der Waals surface area contributed by atoms with Crippen molar-refractivity contribution in [2.45, 2.75) is 26.8 Å². The molecule has 7 heteroatoms. The Morgan fingerprint density at radius 3 is 2.68 bits per heavy atom. The highest BCUT2D eigenvalue weighted by Gasteiger charge is 2.16. The van der Waals surface area contributed by atoms with Crippen LogP contribution in [0.15, 0.2) is 51.7 Å². The molecule has 0 aliphatic heterocycles. The Bertz CT molecular complexity index is 1080. The number of likely N-dealkylation sites (N-methyl/N-ethyl adjacent to an activating group) is 1. The molecule has 3 aromatic rings. The number of carbonyl (C=O) groups excluding carboxylic acids is 2. The maximum Gasteiger partial charge on any atom is 0.419 e. The number of rotatable bonds is 6. The van der Waals surface area contributed by atoms with Crippen LogP contribution in [0.5, 0.6) is 0 Å². The number of amides is 2. The molecule has 0 atom stereocenters. The van der Waals surface area contributed by atoms with Gasteiger partial charge in [0.25, 0.3) is 0 Å². The van der Waals surface area contributed by atoms with E-state index in [1.807, 2.05) is 32.0 Å². The number of fused-ring (bicyclic) bond motifs is 1. The van der Waals surface area contributed by atoms with Gasteiger partial charge in [-0.1, -0.05) is 24.3 Å². The lowest BCUT2D eigenvalue weighted by atomic mass is 10.1. The zero-order valence-corrected chi connectivity index (χ0v) is 16.2. The number of aromatic nitrogens is 1. The van der Waals surface area contributed by atoms with Crippen molar-refractivity contribution in [1.82, 2.24) is 9.47 Å². The number of benzene rings is 2. The van der Waals surface area contributed by atoms with Gasteiger partial charge in [-0.25, -0.2) is 4.79 Å². The first-order chi connectivity index (χ1) is 13.3. The standard InChI is InChI=1S/C21H23N3O4/c1-14-8-9-15(2)16(12-14)22-19(25)13-23(3)20(26)10-11-24-17-6-4-5-7-18(17)28-21(24)27/h4-9,12H,10-11,13H2,1-3H3,(H,22,25). The first-order valence-electron chi connectivity index (χ1n) is 9.04. The molecule has 2 aromatic carbocycles. The van der Waals surface area contributed by atoms with Crippen LogP contribution < -0.4 is 11.1 Å². The Hall–Kier alpha value is -3.35. The zero-order chi connectivity index (χ0) is 20.3. The van der Waals surface area contributed by atoms with Gasteiger partial charge in [0.15, 0.2) is 5.58 Å². The van der Waals surface area contributed by atoms with Crippen LogP contribution in [0.25, 0.3) is 11.1 Å². The normalized spacial score (nSPS) is 10.8. The molecule has 2 amide bonds. The summed E-state index contributed by atoms with van der Waals surface area (Å²) >= 11 is 0. The van der Waals surface area contributed by atoms with Crippen LogP contribution >= 0.6 is 0 Å². The third-order valence-electron chi connectivity index (χ3n) is 4.60. The van der Waals surface area contributed by atoms with Gasteiger partial charge < -0.3 is 14.6 Å². The van der Waals surface area contributed by atoms with Gasteiger partial charge in [-0.15, -0.1) is 0 Å². The molecular weight excluding hydrogens is 358 g/mol. The SMILES string of the molecule is Cc1ccc(C)c(NC(=O)CN(C)C(=O)CCn2c(=O)oc3ccccc32)c1. The second-order valence-electron chi connectivity index (χ2n) is 6.85. The van der Waals surface area contributed by atoms with Crippen molar-refractivity contribution in [1.29, 1.82) is 0 Å². The van der Waals surface area contributed by atoms with E-state index < -0.39 is 5.76 Å². The van der Waals surface area contributed by atoms with Gasteiger partial charge in [0.1, 0.15) is 0 Å². The third kappa shape index (κ3) is 4.31. The van der Waals surface area contributed by atoms with E-state index in [-0.39, 0.29) is 31.3 Å². The molecule has 0 bridgehead atoms. The number of para-hydroxylation sites is 2. The van der Waals surface area contributed by atoms with Gasteiger partial charge in [0.05, 0.1) is 12.1 Å². The minimum Gasteiger partial charge on any atom is -0.408 e. The molecule has 0 fully saturated rings. The van der Waals surface area contributed by atoms with Crippen molar-refractivity contribution >= 4 is 28.6 Å². The topological polar surface area (TPSA) is 84.5 Å². The predicted molar refractivity (Wildman–Crippen MR) is 107 cm³/mol. The highest BCUT2D eigenvalue weighted by molar-refractivity contribution is 5.95. The molecule has 28 heavy (non-hydrogen) atoms. The molecule has 0 unspecified atom stereocenters. The van der Waals surface area contributed by atoms with Gasteiger partial charge in [-0.3, -0.25) is 14.2 Å². The van der Waals surface area contributed by atoms with Crippen LogP contribution in [0.4, 0.5) is 5.69 Å². The Labute approximate surface area is 162 Å². The fourth-order valence-electron chi connectivity index (χ4n) is 2.99. The fourth-order valence-corrected chi connectivity index (χ4v) is 2.99. The van der Waals surface area contributed by atoms with E-state index in [1.165, 1.54) is 9.47 Å². The summed E-state index contributed by atoms with van der Waals surface area (Å²) in [6.45, 7) is 3.99. The van der Waals surface area contributed by atoms with E-state index in [0.29, 0.717) is 11.1 Å². The molecule has 146 valence electrons. The quantitative estimate of drug-likeness (QED) is 0.711. The van der Waals surface area contributed by atoms with Crippen molar-refractivity contribution in [3.05, 3.63) is 64.1 Å². The Morgan fingerprint density at radius 1 is 1.14 bits per heavy atom. The second-order valence-corrected chi connectivity index (χ2v) is 6.85. The smallest absolute Gasteiger partial charge is 0.408 e. The van der Waals surface area contributed by atoms with E-state index in [4.69, 9.17) is 4.42 Å². The number of hydrogen-bond acceptors (Lipinski definition) is 4. The maximum absolute atomic E-state index is 12.4. The first-order valence-corrected chi connectivity index (χ1v) is 9.04. The summed E-state index contributed by atoms with van der Waals surface area (Å²) < 4.78 is 6.59. The molecule has 0 aliphatic rings. The molecule has 7 nitrogen and oxygen atoms in total. The van der Waals surface area contributed by atoms with Gasteiger partial charge in [0, 0.05) is 25.7 Å². The van der Waals surface area contributed by atoms with E-state index in [0.717, 1.165) is 16.8 Å². The largest absolute Gasteiger partial charge is 0.419 e. The number of nitrogens with zero attached hydrogens (tertiary/aromatic N) is 2. The molecule has 3 rings (SSSR count). The summed E-state index contributed by atoms with van der Waals surface area (Å²) in [4.78, 5) is 38.0. The van der Waals surface area contributed by atoms with Crippen LogP contribution in [-0.4, -0.2) is 34.9 Å². The molecule has 0 spiro atoms. The predicted octanol–water partition coefficient (Wildman–Crippen LogP) is 2.70. The van der Waals surface area contributed by atoms with E-state index in [1.54, 1.807) is 31.3 Å². The number of nitrogens with one attached hydrogen (secondary N) is 1. The first kappa shape index (κ1) is 19.4. The Morgan fingerprint density at radius 2 is 1.89 bits per heavy atom. The molecule has 1 heterocycles. The summed E-state index contributed by atoms with van der Waals surface area (Å²) in [5.41, 5.74) is 3.88. The highest BCUT2D eigenvalue weighted by atomic mass is 16.4. The lowest BCUT2D eigenvalue weighted by Crippen LogP contribution is -2.35. The lowest BCUT2D eigenvalue weighted by molar-refractivity contribution is -0.133. The molecule has 1 aromatic heterocycles. The lowest BCUT2D eigenvalue weighted by Gasteiger charge is -2.17. The maximum atomic E-state index is 12.4. The minimum absolute atomic E-state index is 0.0623. The zero-order valence-electron chi connectivity index (χ0n) is 16.2. The number of oxazole rings is 1. The molecule has 0 aliphatic carbocycles. The number of carbonyl (C=O) groups is 2. The van der Waals surface area contributed by atoms with Crippen molar-refractivity contribution in [2.24, 2.45) is 0 Å². The summed E-state index contributed by atoms with van der Waals surface area (Å²) in [7, 11) is 1.57. The van der Waals surface area contributed by atoms with Crippen LogP contribution in [-0.2, 0) is 16.1 Å². The molecule has 1 N–H and O–H groups in total. The van der Waals surface area contributed by atoms with Gasteiger partial charge >= 0.3 is 5.76 Å². The summed E-state index contributed by atoms with van der Waals surface area (Å²) in [6.07, 6.45) is 0.0939. The Balaban J connectivity index is 1.58. The molecule has 0 saturated heterocycles. The number of hydrogen-bond donors (Lipinski definition) is 1. The van der Waals surface area contributed by atoms with E-state index >= 15 is 0 Å². The average Bonchev–Trinajstić information content (AvgIpc) is 2.97. The summed E-state index contributed by atoms with van der Waals surface area (Å²) in [6, 6.07) is 12.9. The number of anilines is 1. The van der Waals surface area contributed by atoms with E-state index in [2.05, 4.69) is 5.32 Å². The summed E-state index contributed by atoms with van der Waals surface area (Å²) in [5.74, 6) is -0.993. The van der Waals surface area contributed by atoms with Gasteiger partial charge in [-0.2, -0.15) is 0 Å². The molecule has 0 radical (unpaired) electrons. The van der Waals surface area contributed by atoms with E-state index in [9.17, 15) is 14.4 Å². The van der Waals surface area contributed by atoms with Gasteiger partial charge in [0.2, 0.25) is 11.8 Å². The van der Waals surface area contributed by atoms with Crippen molar-refractivity contribution in [2.75, 3.05) is 18.9 Å². The number of aryl methyl sites for hydroxylation is 3. The minimum atomic E-state index is -0.496. The van der Waals surface area contributed by atoms with Crippen LogP contribution in [0.1, 0.15) is 17.5 Å². The van der Waals surface area contributed by atoms with Crippen LogP contribution in [0, 0.1) is 13.8 Å². The average molecular weight is 381 g/mol. The molecule has 0 saturated carbocycles. The fraction of sp³-hybridized carbons (Fsp3) is 0.286. The monoisotopic (exact) mass is 381 g/mol. The van der Waals surface area contributed by atoms with Crippen molar-refractivity contribution < 1.29 is 14.0 Å². The molecular formula is C21H23N3O4. The van der Waals surface area contributed by atoms with Crippen LogP contribution in [0.3, 0.4) is 0 Å². The highest BCUT2D eigenvalue weighted by Crippen LogP contribution is 2.16. The third-order valence-corrected chi connectivity index (χ3v) is 4.60. The summed E-state index contributed by atoms with van der Waals surface area (Å²) in [5, 5.41) is 2.84. The van der Waals surface area contributed by atoms with Crippen molar-refractivity contribution in [3.8, 4) is 0 Å². The second kappa shape index (κ2) is 8.12. The van der Waals surface area contributed by atoms with Gasteiger partial charge in [-0.05, 0) is 43.2 Å². The van der Waals surface area contributed by atoms with Crippen molar-refractivity contribution in [3.63, 3.8) is 0 Å². The Kier molecular flexibility index (Phi) is 5.63.